The minimum atomic E-state index is -0.769. The molecule has 0 aromatic carbocycles. The van der Waals surface area contributed by atoms with Crippen LogP contribution in [0, 0.1) is 0 Å². The average Bonchev–Trinajstić information content (AvgIpc) is 3.48. The normalized spacial score (nSPS) is 12.1. The first-order valence-electron chi connectivity index (χ1n) is 37.3. The van der Waals surface area contributed by atoms with Gasteiger partial charge in [-0.1, -0.05) is 379 Å². The van der Waals surface area contributed by atoms with Gasteiger partial charge < -0.3 is 14.2 Å². The van der Waals surface area contributed by atoms with E-state index in [2.05, 4.69) is 45.1 Å². The van der Waals surface area contributed by atoms with Crippen molar-refractivity contribution in [1.29, 1.82) is 0 Å². The lowest BCUT2D eigenvalue weighted by Gasteiger charge is -2.18. The fraction of sp³-hybridized carbons (Fsp3) is 0.908. The Morgan fingerprint density at radius 1 is 0.244 bits per heavy atom. The summed E-state index contributed by atoms with van der Waals surface area (Å²) in [5.41, 5.74) is 0. The number of unbranched alkanes of at least 4 members (excludes halogenated alkanes) is 55. The SMILES string of the molecule is CCCCCCC/C=C\C/C=C\CCCCCCCCCCCCCC(=O)OCC(COC(=O)CCCCCCCCCCCCCCCCCCCCC)OC(=O)CCCCCCCCCCCCCCCCCCCCCCCC. The fourth-order valence-electron chi connectivity index (χ4n) is 11.6. The van der Waals surface area contributed by atoms with E-state index in [-0.39, 0.29) is 31.1 Å². The molecule has 0 bridgehead atoms. The molecule has 82 heavy (non-hydrogen) atoms. The molecular weight excluding hydrogens is 1010 g/mol. The van der Waals surface area contributed by atoms with Crippen molar-refractivity contribution >= 4 is 17.9 Å². The number of carbonyl (C=O) groups excluding carboxylic acids is 3. The van der Waals surface area contributed by atoms with Crippen LogP contribution in [0.15, 0.2) is 24.3 Å². The second-order valence-corrected chi connectivity index (χ2v) is 25.6. The largest absolute Gasteiger partial charge is 0.462 e. The van der Waals surface area contributed by atoms with Crippen LogP contribution in [-0.4, -0.2) is 37.2 Å². The number of hydrogen-bond donors (Lipinski definition) is 0. The first-order valence-corrected chi connectivity index (χ1v) is 37.3. The number of rotatable bonds is 70. The first-order chi connectivity index (χ1) is 40.5. The summed E-state index contributed by atoms with van der Waals surface area (Å²) < 4.78 is 17.1. The van der Waals surface area contributed by atoms with E-state index < -0.39 is 6.10 Å². The molecule has 6 heteroatoms. The number of hydrogen-bond acceptors (Lipinski definition) is 6. The van der Waals surface area contributed by atoms with Crippen LogP contribution in [0.3, 0.4) is 0 Å². The molecular formula is C76H144O6. The van der Waals surface area contributed by atoms with Crippen molar-refractivity contribution in [3.63, 3.8) is 0 Å². The van der Waals surface area contributed by atoms with Crippen molar-refractivity contribution in [2.45, 2.75) is 431 Å². The molecule has 0 heterocycles. The van der Waals surface area contributed by atoms with Gasteiger partial charge in [0.05, 0.1) is 0 Å². The summed E-state index contributed by atoms with van der Waals surface area (Å²) in [4.78, 5) is 38.6. The van der Waals surface area contributed by atoms with Crippen molar-refractivity contribution in [3.8, 4) is 0 Å². The lowest BCUT2D eigenvalue weighted by molar-refractivity contribution is -0.167. The van der Waals surface area contributed by atoms with Crippen LogP contribution in [0.1, 0.15) is 425 Å². The number of esters is 3. The highest BCUT2D eigenvalue weighted by atomic mass is 16.6. The molecule has 0 saturated heterocycles. The van der Waals surface area contributed by atoms with Gasteiger partial charge in [-0.3, -0.25) is 14.4 Å². The molecule has 0 aliphatic heterocycles. The minimum absolute atomic E-state index is 0.0644. The van der Waals surface area contributed by atoms with E-state index in [4.69, 9.17) is 14.2 Å². The summed E-state index contributed by atoms with van der Waals surface area (Å²) >= 11 is 0. The number of ether oxygens (including phenoxy) is 3. The maximum atomic E-state index is 13.0. The van der Waals surface area contributed by atoms with Gasteiger partial charge in [0.25, 0.3) is 0 Å². The Balaban J connectivity index is 4.29. The zero-order valence-electron chi connectivity index (χ0n) is 55.8. The van der Waals surface area contributed by atoms with Crippen molar-refractivity contribution in [1.82, 2.24) is 0 Å². The predicted octanol–water partition coefficient (Wildman–Crippen LogP) is 25.7. The Morgan fingerprint density at radius 3 is 0.671 bits per heavy atom. The Bertz CT molecular complexity index is 1320. The highest BCUT2D eigenvalue weighted by Crippen LogP contribution is 2.19. The van der Waals surface area contributed by atoms with Gasteiger partial charge in [0.1, 0.15) is 13.2 Å². The van der Waals surface area contributed by atoms with E-state index in [1.807, 2.05) is 0 Å². The maximum absolute atomic E-state index is 13.0. The molecule has 1 atom stereocenters. The van der Waals surface area contributed by atoms with Gasteiger partial charge in [-0.2, -0.15) is 0 Å². The molecule has 0 N–H and O–H groups in total. The molecule has 0 aromatic heterocycles. The third-order valence-electron chi connectivity index (χ3n) is 17.2. The van der Waals surface area contributed by atoms with E-state index in [0.717, 1.165) is 64.2 Å². The fourth-order valence-corrected chi connectivity index (χ4v) is 11.6. The first kappa shape index (κ1) is 79.9. The molecule has 0 aliphatic rings. The van der Waals surface area contributed by atoms with Crippen LogP contribution < -0.4 is 0 Å². The lowest BCUT2D eigenvalue weighted by atomic mass is 10.0. The highest BCUT2D eigenvalue weighted by molar-refractivity contribution is 5.71. The Hall–Kier alpha value is -2.11. The van der Waals surface area contributed by atoms with Gasteiger partial charge in [-0.05, 0) is 51.4 Å². The Kier molecular flexibility index (Phi) is 69.5. The van der Waals surface area contributed by atoms with Gasteiger partial charge >= 0.3 is 17.9 Å². The molecule has 0 fully saturated rings. The maximum Gasteiger partial charge on any atom is 0.306 e. The number of allylic oxidation sites excluding steroid dienone is 4. The van der Waals surface area contributed by atoms with Crippen molar-refractivity contribution in [3.05, 3.63) is 24.3 Å². The second kappa shape index (κ2) is 71.4. The molecule has 0 rings (SSSR count). The second-order valence-electron chi connectivity index (χ2n) is 25.6. The Labute approximate surface area is 513 Å². The van der Waals surface area contributed by atoms with Gasteiger partial charge in [-0.25, -0.2) is 0 Å². The standard InChI is InChI=1S/C76H144O6/c1-4-7-10-13-16-19-22-25-28-31-34-36-38-40-42-45-48-51-54-57-60-63-66-69-75(78)81-72-73(71-80-74(77)68-65-62-59-56-53-50-47-44-41-33-30-27-24-21-18-15-12-9-6-3)82-76(79)70-67-64-61-58-55-52-49-46-43-39-37-35-32-29-26-23-20-17-14-11-8-5-2/h22,25,31,34,73H,4-21,23-24,26-30,32-33,35-72H2,1-3H3/b25-22-,34-31-. The summed E-state index contributed by atoms with van der Waals surface area (Å²) in [6.07, 6.45) is 87.8. The summed E-state index contributed by atoms with van der Waals surface area (Å²) in [6, 6.07) is 0. The zero-order chi connectivity index (χ0) is 59.2. The third kappa shape index (κ3) is 68.7. The van der Waals surface area contributed by atoms with Crippen molar-refractivity contribution < 1.29 is 28.6 Å². The third-order valence-corrected chi connectivity index (χ3v) is 17.2. The molecule has 0 radical (unpaired) electrons. The molecule has 0 aliphatic carbocycles. The topological polar surface area (TPSA) is 78.9 Å². The van der Waals surface area contributed by atoms with Crippen molar-refractivity contribution in [2.75, 3.05) is 13.2 Å². The van der Waals surface area contributed by atoms with E-state index in [1.165, 1.54) is 321 Å². The smallest absolute Gasteiger partial charge is 0.306 e. The van der Waals surface area contributed by atoms with E-state index in [9.17, 15) is 14.4 Å². The summed E-state index contributed by atoms with van der Waals surface area (Å²) in [5, 5.41) is 0. The molecule has 0 aromatic rings. The average molecular weight is 1150 g/mol. The molecule has 0 saturated carbocycles. The lowest BCUT2D eigenvalue weighted by Crippen LogP contribution is -2.30. The monoisotopic (exact) mass is 1150 g/mol. The van der Waals surface area contributed by atoms with Crippen LogP contribution in [-0.2, 0) is 28.6 Å². The van der Waals surface area contributed by atoms with Crippen LogP contribution in [0.4, 0.5) is 0 Å². The summed E-state index contributed by atoms with van der Waals surface area (Å²) in [5.74, 6) is -0.828. The van der Waals surface area contributed by atoms with Crippen LogP contribution in [0.2, 0.25) is 0 Å². The molecule has 0 spiro atoms. The summed E-state index contributed by atoms with van der Waals surface area (Å²) in [7, 11) is 0. The Morgan fingerprint density at radius 2 is 0.439 bits per heavy atom. The van der Waals surface area contributed by atoms with Gasteiger partial charge in [-0.15, -0.1) is 0 Å². The highest BCUT2D eigenvalue weighted by Gasteiger charge is 2.20. The van der Waals surface area contributed by atoms with E-state index in [0.29, 0.717) is 19.3 Å². The minimum Gasteiger partial charge on any atom is -0.462 e. The molecule has 6 nitrogen and oxygen atoms in total. The van der Waals surface area contributed by atoms with E-state index >= 15 is 0 Å². The van der Waals surface area contributed by atoms with Crippen LogP contribution in [0.5, 0.6) is 0 Å². The van der Waals surface area contributed by atoms with Gasteiger partial charge in [0.2, 0.25) is 0 Å². The zero-order valence-corrected chi connectivity index (χ0v) is 55.8. The van der Waals surface area contributed by atoms with Gasteiger partial charge in [0.15, 0.2) is 6.10 Å². The molecule has 484 valence electrons. The quantitative estimate of drug-likeness (QED) is 0.0261. The van der Waals surface area contributed by atoms with Crippen LogP contribution >= 0.6 is 0 Å². The molecule has 1 unspecified atom stereocenters. The predicted molar refractivity (Wildman–Crippen MR) is 358 cm³/mol. The molecule has 0 amide bonds. The van der Waals surface area contributed by atoms with Gasteiger partial charge in [0, 0.05) is 19.3 Å². The van der Waals surface area contributed by atoms with E-state index in [1.54, 1.807) is 0 Å². The summed E-state index contributed by atoms with van der Waals surface area (Å²) in [6.45, 7) is 6.73. The number of carbonyl (C=O) groups is 3. The van der Waals surface area contributed by atoms with Crippen LogP contribution in [0.25, 0.3) is 0 Å². The van der Waals surface area contributed by atoms with Crippen molar-refractivity contribution in [2.24, 2.45) is 0 Å².